The summed E-state index contributed by atoms with van der Waals surface area (Å²) in [4.78, 5) is 10.1. The van der Waals surface area contributed by atoms with Gasteiger partial charge in [0.25, 0.3) is 5.69 Å². The van der Waals surface area contributed by atoms with Crippen LogP contribution in [0.5, 0.6) is 5.75 Å². The number of hydrogen-bond donors (Lipinski definition) is 0. The van der Waals surface area contributed by atoms with E-state index in [4.69, 9.17) is 10.00 Å². The lowest BCUT2D eigenvalue weighted by Crippen LogP contribution is -2.12. The van der Waals surface area contributed by atoms with Crippen LogP contribution < -0.4 is 4.74 Å². The van der Waals surface area contributed by atoms with Gasteiger partial charge in [0, 0.05) is 6.07 Å². The molecule has 1 rings (SSSR count). The van der Waals surface area contributed by atoms with E-state index < -0.39 is 11.0 Å². The Labute approximate surface area is 101 Å². The van der Waals surface area contributed by atoms with Crippen molar-refractivity contribution in [2.24, 2.45) is 0 Å². The summed E-state index contributed by atoms with van der Waals surface area (Å²) in [6.07, 6.45) is -0.0793. The van der Waals surface area contributed by atoms with Crippen LogP contribution in [0.2, 0.25) is 0 Å². The van der Waals surface area contributed by atoms with Crippen LogP contribution in [0.3, 0.4) is 0 Å². The molecule has 1 aromatic rings. The van der Waals surface area contributed by atoms with Crippen molar-refractivity contribution in [3.8, 4) is 11.8 Å². The van der Waals surface area contributed by atoms with Gasteiger partial charge in [-0.3, -0.25) is 10.1 Å². The van der Waals surface area contributed by atoms with Crippen molar-refractivity contribution in [2.75, 3.05) is 0 Å². The predicted octanol–water partition coefficient (Wildman–Crippen LogP) is 3.04. The maximum atomic E-state index is 10.6. The van der Waals surface area contributed by atoms with E-state index >= 15 is 0 Å². The average molecular weight is 285 g/mol. The number of ether oxygens (including phenoxy) is 1. The van der Waals surface area contributed by atoms with E-state index in [0.29, 0.717) is 16.6 Å². The first-order valence-electron chi connectivity index (χ1n) is 4.58. The van der Waals surface area contributed by atoms with Crippen LogP contribution in [-0.2, 0) is 0 Å². The first-order chi connectivity index (χ1) is 7.58. The average Bonchev–Trinajstić information content (AvgIpc) is 2.27. The minimum absolute atomic E-state index is 0.0639. The summed E-state index contributed by atoms with van der Waals surface area (Å²) in [5.41, 5.74) is -0.0639. The van der Waals surface area contributed by atoms with Gasteiger partial charge in [-0.15, -0.1) is 0 Å². The lowest BCUT2D eigenvalue weighted by molar-refractivity contribution is -0.385. The Morgan fingerprint density at radius 1 is 1.69 bits per heavy atom. The number of nitro benzene ring substituents is 1. The third-order valence-electron chi connectivity index (χ3n) is 1.91. The SMILES string of the molecule is CCC(C#N)Oc1cc([N+](=O)[O-])ccc1Br. The Morgan fingerprint density at radius 2 is 2.38 bits per heavy atom. The lowest BCUT2D eigenvalue weighted by Gasteiger charge is -2.11. The molecule has 1 atom stereocenters. The van der Waals surface area contributed by atoms with Crippen molar-refractivity contribution in [3.05, 3.63) is 32.8 Å². The molecule has 0 amide bonds. The molecule has 16 heavy (non-hydrogen) atoms. The third kappa shape index (κ3) is 2.94. The molecule has 0 saturated carbocycles. The fraction of sp³-hybridized carbons (Fsp3) is 0.300. The van der Waals surface area contributed by atoms with Gasteiger partial charge < -0.3 is 4.74 Å². The van der Waals surface area contributed by atoms with Gasteiger partial charge >= 0.3 is 0 Å². The molecular weight excluding hydrogens is 276 g/mol. The lowest BCUT2D eigenvalue weighted by atomic mass is 10.3. The number of nitrogens with zero attached hydrogens (tertiary/aromatic N) is 2. The van der Waals surface area contributed by atoms with E-state index in [9.17, 15) is 10.1 Å². The molecule has 5 nitrogen and oxygen atoms in total. The Morgan fingerprint density at radius 3 is 2.88 bits per heavy atom. The molecular formula is C10H9BrN2O3. The monoisotopic (exact) mass is 284 g/mol. The molecule has 0 spiro atoms. The summed E-state index contributed by atoms with van der Waals surface area (Å²) in [7, 11) is 0. The summed E-state index contributed by atoms with van der Waals surface area (Å²) in [5.74, 6) is 0.308. The van der Waals surface area contributed by atoms with Crippen LogP contribution in [0.4, 0.5) is 5.69 Å². The highest BCUT2D eigenvalue weighted by atomic mass is 79.9. The van der Waals surface area contributed by atoms with Crippen molar-refractivity contribution < 1.29 is 9.66 Å². The normalized spacial score (nSPS) is 11.6. The second kappa shape index (κ2) is 5.47. The minimum atomic E-state index is -0.599. The van der Waals surface area contributed by atoms with Crippen molar-refractivity contribution in [3.63, 3.8) is 0 Å². The van der Waals surface area contributed by atoms with E-state index in [2.05, 4.69) is 15.9 Å². The van der Waals surface area contributed by atoms with E-state index in [1.165, 1.54) is 18.2 Å². The van der Waals surface area contributed by atoms with Crippen LogP contribution in [0.25, 0.3) is 0 Å². The highest BCUT2D eigenvalue weighted by molar-refractivity contribution is 9.10. The van der Waals surface area contributed by atoms with Gasteiger partial charge in [-0.25, -0.2) is 0 Å². The van der Waals surface area contributed by atoms with Gasteiger partial charge in [0.1, 0.15) is 11.8 Å². The fourth-order valence-corrected chi connectivity index (χ4v) is 1.39. The summed E-state index contributed by atoms with van der Waals surface area (Å²) >= 11 is 3.21. The van der Waals surface area contributed by atoms with Gasteiger partial charge in [0.2, 0.25) is 0 Å². The molecule has 0 fully saturated rings. The number of non-ortho nitro benzene ring substituents is 1. The fourth-order valence-electron chi connectivity index (χ4n) is 1.05. The van der Waals surface area contributed by atoms with Crippen LogP contribution in [-0.4, -0.2) is 11.0 Å². The van der Waals surface area contributed by atoms with E-state index in [-0.39, 0.29) is 5.69 Å². The molecule has 84 valence electrons. The van der Waals surface area contributed by atoms with Gasteiger partial charge in [0.15, 0.2) is 6.10 Å². The molecule has 0 radical (unpaired) electrons. The van der Waals surface area contributed by atoms with Gasteiger partial charge in [-0.1, -0.05) is 6.92 Å². The quantitative estimate of drug-likeness (QED) is 0.629. The zero-order valence-corrected chi connectivity index (χ0v) is 10.1. The Hall–Kier alpha value is -1.61. The van der Waals surface area contributed by atoms with E-state index in [1.807, 2.05) is 6.07 Å². The molecule has 1 aromatic carbocycles. The summed E-state index contributed by atoms with van der Waals surface area (Å²) < 4.78 is 5.91. The molecule has 0 N–H and O–H groups in total. The number of nitro groups is 1. The molecule has 0 aliphatic carbocycles. The Balaban J connectivity index is 2.99. The van der Waals surface area contributed by atoms with Crippen molar-refractivity contribution >= 4 is 21.6 Å². The van der Waals surface area contributed by atoms with E-state index in [1.54, 1.807) is 6.92 Å². The number of nitriles is 1. The summed E-state index contributed by atoms with van der Waals surface area (Å²) in [6, 6.07) is 6.15. The number of halogens is 1. The van der Waals surface area contributed by atoms with Crippen molar-refractivity contribution in [1.82, 2.24) is 0 Å². The Kier molecular flexibility index (Phi) is 4.26. The number of rotatable bonds is 4. The standard InChI is InChI=1S/C10H9BrN2O3/c1-2-8(6-12)16-10-5-7(13(14)15)3-4-9(10)11/h3-5,8H,2H2,1H3. The summed E-state index contributed by atoms with van der Waals surface area (Å²) in [6.45, 7) is 1.80. The van der Waals surface area contributed by atoms with Crippen LogP contribution in [0.1, 0.15) is 13.3 Å². The highest BCUT2D eigenvalue weighted by Crippen LogP contribution is 2.30. The molecule has 0 aliphatic rings. The van der Waals surface area contributed by atoms with Gasteiger partial charge in [0.05, 0.1) is 15.5 Å². The van der Waals surface area contributed by atoms with Gasteiger partial charge in [-0.05, 0) is 28.4 Å². The molecule has 1 unspecified atom stereocenters. The first-order valence-corrected chi connectivity index (χ1v) is 5.38. The van der Waals surface area contributed by atoms with E-state index in [0.717, 1.165) is 0 Å². The molecule has 0 heterocycles. The predicted molar refractivity (Wildman–Crippen MR) is 61.1 cm³/mol. The molecule has 0 bridgehead atoms. The van der Waals surface area contributed by atoms with Crippen molar-refractivity contribution in [1.29, 1.82) is 5.26 Å². The number of hydrogen-bond acceptors (Lipinski definition) is 4. The second-order valence-corrected chi connectivity index (χ2v) is 3.87. The van der Waals surface area contributed by atoms with Crippen LogP contribution >= 0.6 is 15.9 Å². The Bertz CT molecular complexity index is 442. The van der Waals surface area contributed by atoms with Crippen molar-refractivity contribution in [2.45, 2.75) is 19.4 Å². The maximum absolute atomic E-state index is 10.6. The summed E-state index contributed by atoms with van der Waals surface area (Å²) in [5, 5.41) is 19.3. The smallest absolute Gasteiger partial charge is 0.273 e. The topological polar surface area (TPSA) is 76.2 Å². The third-order valence-corrected chi connectivity index (χ3v) is 2.56. The van der Waals surface area contributed by atoms with Crippen LogP contribution in [0.15, 0.2) is 22.7 Å². The maximum Gasteiger partial charge on any atom is 0.273 e. The zero-order chi connectivity index (χ0) is 12.1. The molecule has 0 saturated heterocycles. The molecule has 6 heteroatoms. The zero-order valence-electron chi connectivity index (χ0n) is 8.51. The minimum Gasteiger partial charge on any atom is -0.474 e. The second-order valence-electron chi connectivity index (χ2n) is 3.02. The highest BCUT2D eigenvalue weighted by Gasteiger charge is 2.13. The number of benzene rings is 1. The first kappa shape index (κ1) is 12.5. The molecule has 0 aliphatic heterocycles. The largest absolute Gasteiger partial charge is 0.474 e. The molecule has 0 aromatic heterocycles. The van der Waals surface area contributed by atoms with Gasteiger partial charge in [-0.2, -0.15) is 5.26 Å². The van der Waals surface area contributed by atoms with Crippen LogP contribution in [0, 0.1) is 21.4 Å².